The minimum atomic E-state index is -3.99. The minimum absolute atomic E-state index is 0.348. The van der Waals surface area contributed by atoms with Crippen LogP contribution in [0.1, 0.15) is 5.56 Å². The summed E-state index contributed by atoms with van der Waals surface area (Å²) in [6.07, 6.45) is 0. The van der Waals surface area contributed by atoms with Gasteiger partial charge >= 0.3 is 0 Å². The first kappa shape index (κ1) is 15.4. The highest BCUT2D eigenvalue weighted by Gasteiger charge is 2.19. The summed E-state index contributed by atoms with van der Waals surface area (Å²) in [5.41, 5.74) is 0.996. The molecule has 2 aromatic rings. The number of aryl methyl sites for hydroxylation is 1. The molecular formula is C14H11FN2O2S2. The molecule has 2 rings (SSSR count). The molecule has 0 atom stereocenters. The molecule has 0 heterocycles. The zero-order valence-corrected chi connectivity index (χ0v) is 12.6. The van der Waals surface area contributed by atoms with E-state index in [9.17, 15) is 12.8 Å². The van der Waals surface area contributed by atoms with Crippen molar-refractivity contribution in [2.45, 2.75) is 16.7 Å². The molecule has 2 aromatic carbocycles. The van der Waals surface area contributed by atoms with Crippen molar-refractivity contribution in [3.63, 3.8) is 0 Å². The van der Waals surface area contributed by atoms with Crippen molar-refractivity contribution in [1.82, 2.24) is 0 Å². The fraction of sp³-hybridized carbons (Fsp3) is 0.0714. The van der Waals surface area contributed by atoms with Gasteiger partial charge < -0.3 is 0 Å². The summed E-state index contributed by atoms with van der Waals surface area (Å²) in [5, 5.41) is 10.5. The van der Waals surface area contributed by atoms with Crippen LogP contribution in [0.3, 0.4) is 0 Å². The molecule has 1 N–H and O–H groups in total. The molecule has 0 radical (unpaired) electrons. The second-order valence-electron chi connectivity index (χ2n) is 4.21. The number of anilines is 1. The quantitative estimate of drug-likeness (QED) is 0.691. The Balaban J connectivity index is 2.34. The standard InChI is InChI=1S/C14H11FN2O2S2/c1-10-8-11(20-9-16)6-7-13(10)17-21(18,19)14-5-3-2-4-12(14)15/h2-8,17H,1H3. The van der Waals surface area contributed by atoms with E-state index < -0.39 is 20.7 Å². The Morgan fingerprint density at radius 1 is 1.24 bits per heavy atom. The number of nitriles is 1. The zero-order valence-electron chi connectivity index (χ0n) is 11.0. The molecule has 0 saturated carbocycles. The van der Waals surface area contributed by atoms with Crippen molar-refractivity contribution in [1.29, 1.82) is 5.26 Å². The van der Waals surface area contributed by atoms with E-state index in [-0.39, 0.29) is 0 Å². The van der Waals surface area contributed by atoms with E-state index in [4.69, 9.17) is 5.26 Å². The van der Waals surface area contributed by atoms with E-state index in [0.29, 0.717) is 16.1 Å². The van der Waals surface area contributed by atoms with Crippen LogP contribution in [0.15, 0.2) is 52.3 Å². The molecule has 0 aliphatic heterocycles. The maximum absolute atomic E-state index is 13.6. The predicted molar refractivity (Wildman–Crippen MR) is 79.9 cm³/mol. The van der Waals surface area contributed by atoms with E-state index in [1.807, 2.05) is 5.40 Å². The number of rotatable bonds is 4. The number of halogens is 1. The number of nitrogens with one attached hydrogen (secondary N) is 1. The molecular weight excluding hydrogens is 311 g/mol. The summed E-state index contributed by atoms with van der Waals surface area (Å²) in [6, 6.07) is 10.0. The second kappa shape index (κ2) is 6.16. The number of hydrogen-bond acceptors (Lipinski definition) is 4. The van der Waals surface area contributed by atoms with E-state index >= 15 is 0 Å². The van der Waals surface area contributed by atoms with E-state index in [0.717, 1.165) is 17.8 Å². The Labute approximate surface area is 126 Å². The first-order chi connectivity index (χ1) is 9.94. The van der Waals surface area contributed by atoms with Gasteiger partial charge in [-0.3, -0.25) is 4.72 Å². The van der Waals surface area contributed by atoms with Gasteiger partial charge in [0.05, 0.1) is 5.69 Å². The Morgan fingerprint density at radius 3 is 2.57 bits per heavy atom. The van der Waals surface area contributed by atoms with Crippen molar-refractivity contribution in [3.8, 4) is 5.40 Å². The summed E-state index contributed by atoms with van der Waals surface area (Å²) in [4.78, 5) is 0.309. The van der Waals surface area contributed by atoms with Crippen LogP contribution in [0.4, 0.5) is 10.1 Å². The third-order valence-corrected chi connectivity index (χ3v) is 4.71. The molecule has 0 aliphatic rings. The summed E-state index contributed by atoms with van der Waals surface area (Å²) in [7, 11) is -3.99. The van der Waals surface area contributed by atoms with E-state index in [2.05, 4.69) is 4.72 Å². The lowest BCUT2D eigenvalue weighted by atomic mass is 10.2. The molecule has 108 valence electrons. The maximum atomic E-state index is 13.6. The van der Waals surface area contributed by atoms with Gasteiger partial charge in [0.25, 0.3) is 10.0 Å². The lowest BCUT2D eigenvalue weighted by Gasteiger charge is -2.11. The SMILES string of the molecule is Cc1cc(SC#N)ccc1NS(=O)(=O)c1ccccc1F. The fourth-order valence-electron chi connectivity index (χ4n) is 1.73. The molecule has 0 spiro atoms. The number of thioether (sulfide) groups is 1. The largest absolute Gasteiger partial charge is 0.279 e. The number of benzene rings is 2. The average molecular weight is 322 g/mol. The Bertz CT molecular complexity index is 814. The summed E-state index contributed by atoms with van der Waals surface area (Å²) < 4.78 is 40.3. The zero-order chi connectivity index (χ0) is 15.5. The van der Waals surface area contributed by atoms with Gasteiger partial charge in [0.15, 0.2) is 0 Å². The van der Waals surface area contributed by atoms with Gasteiger partial charge in [-0.25, -0.2) is 12.8 Å². The molecule has 21 heavy (non-hydrogen) atoms. The molecule has 0 amide bonds. The normalized spacial score (nSPS) is 10.9. The van der Waals surface area contributed by atoms with Crippen LogP contribution < -0.4 is 4.72 Å². The van der Waals surface area contributed by atoms with E-state index in [1.54, 1.807) is 25.1 Å². The van der Waals surface area contributed by atoms with Gasteiger partial charge in [0, 0.05) is 4.90 Å². The van der Waals surface area contributed by atoms with Gasteiger partial charge in [0.1, 0.15) is 16.1 Å². The van der Waals surface area contributed by atoms with Crippen LogP contribution in [-0.4, -0.2) is 8.42 Å². The molecule has 0 fully saturated rings. The molecule has 0 unspecified atom stereocenters. The van der Waals surface area contributed by atoms with Crippen LogP contribution in [0.2, 0.25) is 0 Å². The molecule has 0 aromatic heterocycles. The van der Waals surface area contributed by atoms with Gasteiger partial charge in [-0.15, -0.1) is 0 Å². The fourth-order valence-corrected chi connectivity index (χ4v) is 3.42. The summed E-state index contributed by atoms with van der Waals surface area (Å²) >= 11 is 0.983. The molecule has 0 bridgehead atoms. The second-order valence-corrected chi connectivity index (χ2v) is 6.71. The van der Waals surface area contributed by atoms with Gasteiger partial charge in [-0.2, -0.15) is 5.26 Å². The lowest BCUT2D eigenvalue weighted by Crippen LogP contribution is -2.15. The third kappa shape index (κ3) is 3.54. The Hall–Kier alpha value is -2.04. The topological polar surface area (TPSA) is 70.0 Å². The first-order valence-corrected chi connectivity index (χ1v) is 8.18. The Morgan fingerprint density at radius 2 is 1.95 bits per heavy atom. The third-order valence-electron chi connectivity index (χ3n) is 2.73. The van der Waals surface area contributed by atoms with Gasteiger partial charge in [-0.05, 0) is 54.6 Å². The first-order valence-electron chi connectivity index (χ1n) is 5.88. The number of thiocyanates is 1. The summed E-state index contributed by atoms with van der Waals surface area (Å²) in [5.74, 6) is -0.806. The van der Waals surface area contributed by atoms with Crippen LogP contribution in [0, 0.1) is 23.4 Å². The van der Waals surface area contributed by atoms with Crippen molar-refractivity contribution in [2.75, 3.05) is 4.72 Å². The molecule has 4 nitrogen and oxygen atoms in total. The molecule has 7 heteroatoms. The highest BCUT2D eigenvalue weighted by molar-refractivity contribution is 8.03. The molecule has 0 aliphatic carbocycles. The average Bonchev–Trinajstić information content (AvgIpc) is 2.42. The van der Waals surface area contributed by atoms with Crippen molar-refractivity contribution in [2.24, 2.45) is 0 Å². The van der Waals surface area contributed by atoms with Crippen LogP contribution in [0.5, 0.6) is 0 Å². The highest BCUT2D eigenvalue weighted by Crippen LogP contribution is 2.25. The number of hydrogen-bond donors (Lipinski definition) is 1. The molecule has 0 saturated heterocycles. The van der Waals surface area contributed by atoms with Gasteiger partial charge in [-0.1, -0.05) is 12.1 Å². The lowest BCUT2D eigenvalue weighted by molar-refractivity contribution is 0.570. The Kier molecular flexibility index (Phi) is 4.50. The number of sulfonamides is 1. The van der Waals surface area contributed by atoms with E-state index in [1.165, 1.54) is 18.2 Å². The monoisotopic (exact) mass is 322 g/mol. The predicted octanol–water partition coefficient (Wildman–Crippen LogP) is 3.51. The maximum Gasteiger partial charge on any atom is 0.264 e. The summed E-state index contributed by atoms with van der Waals surface area (Å²) in [6.45, 7) is 1.71. The van der Waals surface area contributed by atoms with Crippen molar-refractivity contribution < 1.29 is 12.8 Å². The van der Waals surface area contributed by atoms with Crippen LogP contribution in [-0.2, 0) is 10.0 Å². The smallest absolute Gasteiger partial charge is 0.264 e. The highest BCUT2D eigenvalue weighted by atomic mass is 32.2. The minimum Gasteiger partial charge on any atom is -0.279 e. The van der Waals surface area contributed by atoms with Crippen LogP contribution in [0.25, 0.3) is 0 Å². The van der Waals surface area contributed by atoms with Crippen LogP contribution >= 0.6 is 11.8 Å². The van der Waals surface area contributed by atoms with Crippen molar-refractivity contribution in [3.05, 3.63) is 53.8 Å². The van der Waals surface area contributed by atoms with Crippen molar-refractivity contribution >= 4 is 27.5 Å². The number of nitrogens with zero attached hydrogens (tertiary/aromatic N) is 1. The van der Waals surface area contributed by atoms with Gasteiger partial charge in [0.2, 0.25) is 0 Å².